The largest absolute Gasteiger partial charge is 0.493 e. The minimum atomic E-state index is -0.301. The quantitative estimate of drug-likeness (QED) is 0.509. The Hall–Kier alpha value is -1.31. The van der Waals surface area contributed by atoms with Crippen LogP contribution in [-0.4, -0.2) is 44.4 Å². The highest BCUT2D eigenvalue weighted by Gasteiger charge is 2.18. The van der Waals surface area contributed by atoms with Crippen LogP contribution in [-0.2, 0) is 16.1 Å². The van der Waals surface area contributed by atoms with Gasteiger partial charge in [0.25, 0.3) is 5.91 Å². The second kappa shape index (κ2) is 11.5. The second-order valence-corrected chi connectivity index (χ2v) is 8.45. The molecule has 0 unspecified atom stereocenters. The molecule has 0 heterocycles. The zero-order chi connectivity index (χ0) is 20.4. The van der Waals surface area contributed by atoms with E-state index in [2.05, 4.69) is 26.6 Å². The standard InChI is InChI=1S/C20H33BrN2O4/c1-14(2)26-11-7-10-22-12-15-16(21)8-9-17(25-6)19(15)27-13-18(24)23-20(3,4)5/h8-9,14,22H,7,10-13H2,1-6H3,(H,23,24). The van der Waals surface area contributed by atoms with Gasteiger partial charge in [0.2, 0.25) is 0 Å². The van der Waals surface area contributed by atoms with Gasteiger partial charge < -0.3 is 24.8 Å². The lowest BCUT2D eigenvalue weighted by Gasteiger charge is -2.21. The Balaban J connectivity index is 2.71. The summed E-state index contributed by atoms with van der Waals surface area (Å²) >= 11 is 3.57. The van der Waals surface area contributed by atoms with Gasteiger partial charge >= 0.3 is 0 Å². The van der Waals surface area contributed by atoms with Gasteiger partial charge in [0.15, 0.2) is 18.1 Å². The van der Waals surface area contributed by atoms with E-state index in [4.69, 9.17) is 14.2 Å². The molecule has 1 amide bonds. The molecule has 7 heteroatoms. The molecule has 0 aromatic heterocycles. The molecule has 0 fully saturated rings. The summed E-state index contributed by atoms with van der Waals surface area (Å²) in [4.78, 5) is 12.1. The molecule has 0 saturated carbocycles. The highest BCUT2D eigenvalue weighted by Crippen LogP contribution is 2.36. The van der Waals surface area contributed by atoms with Crippen molar-refractivity contribution in [2.24, 2.45) is 0 Å². The first-order valence-corrected chi connectivity index (χ1v) is 10.0. The number of hydrogen-bond acceptors (Lipinski definition) is 5. The fourth-order valence-corrected chi connectivity index (χ4v) is 2.84. The third-order valence-corrected chi connectivity index (χ3v) is 4.24. The average Bonchev–Trinajstić information content (AvgIpc) is 2.55. The molecule has 2 N–H and O–H groups in total. The Morgan fingerprint density at radius 2 is 1.96 bits per heavy atom. The van der Waals surface area contributed by atoms with Crippen LogP contribution in [0.25, 0.3) is 0 Å². The number of methoxy groups -OCH3 is 1. The number of carbonyl (C=O) groups is 1. The summed E-state index contributed by atoms with van der Waals surface area (Å²) in [5.41, 5.74) is 0.618. The molecule has 0 bridgehead atoms. The Labute approximate surface area is 171 Å². The van der Waals surface area contributed by atoms with Crippen LogP contribution in [0, 0.1) is 0 Å². The van der Waals surface area contributed by atoms with Crippen LogP contribution in [0.4, 0.5) is 0 Å². The van der Waals surface area contributed by atoms with Crippen molar-refractivity contribution >= 4 is 21.8 Å². The van der Waals surface area contributed by atoms with E-state index in [0.29, 0.717) is 18.0 Å². The summed E-state index contributed by atoms with van der Waals surface area (Å²) < 4.78 is 17.7. The van der Waals surface area contributed by atoms with Crippen LogP contribution in [0.3, 0.4) is 0 Å². The molecule has 0 atom stereocenters. The van der Waals surface area contributed by atoms with Crippen molar-refractivity contribution in [1.82, 2.24) is 10.6 Å². The minimum Gasteiger partial charge on any atom is -0.493 e. The molecule has 154 valence electrons. The van der Waals surface area contributed by atoms with Gasteiger partial charge in [-0.3, -0.25) is 4.79 Å². The van der Waals surface area contributed by atoms with Crippen molar-refractivity contribution in [3.05, 3.63) is 22.2 Å². The number of halogens is 1. The summed E-state index contributed by atoms with van der Waals surface area (Å²) in [6, 6.07) is 3.74. The third-order valence-electron chi connectivity index (χ3n) is 3.50. The molecular weight excluding hydrogens is 412 g/mol. The predicted molar refractivity (Wildman–Crippen MR) is 111 cm³/mol. The van der Waals surface area contributed by atoms with Gasteiger partial charge in [-0.15, -0.1) is 0 Å². The molecule has 0 aliphatic carbocycles. The maximum absolute atomic E-state index is 12.1. The van der Waals surface area contributed by atoms with Crippen molar-refractivity contribution in [3.8, 4) is 11.5 Å². The van der Waals surface area contributed by atoms with Crippen LogP contribution in [0.1, 0.15) is 46.6 Å². The predicted octanol–water partition coefficient (Wildman–Crippen LogP) is 3.66. The van der Waals surface area contributed by atoms with Crippen LogP contribution in [0.5, 0.6) is 11.5 Å². The highest BCUT2D eigenvalue weighted by molar-refractivity contribution is 9.10. The molecular formula is C20H33BrN2O4. The van der Waals surface area contributed by atoms with Crippen molar-refractivity contribution in [1.29, 1.82) is 0 Å². The van der Waals surface area contributed by atoms with E-state index in [1.165, 1.54) is 0 Å². The zero-order valence-electron chi connectivity index (χ0n) is 17.3. The van der Waals surface area contributed by atoms with E-state index < -0.39 is 0 Å². The van der Waals surface area contributed by atoms with Gasteiger partial charge in [0, 0.05) is 28.7 Å². The van der Waals surface area contributed by atoms with E-state index in [0.717, 1.165) is 29.6 Å². The lowest BCUT2D eigenvalue weighted by atomic mass is 10.1. The average molecular weight is 445 g/mol. The lowest BCUT2D eigenvalue weighted by molar-refractivity contribution is -0.124. The Kier molecular flexibility index (Phi) is 10.1. The van der Waals surface area contributed by atoms with Crippen LogP contribution in [0.2, 0.25) is 0 Å². The first-order valence-electron chi connectivity index (χ1n) is 9.25. The summed E-state index contributed by atoms with van der Waals surface area (Å²) in [6.07, 6.45) is 1.17. The van der Waals surface area contributed by atoms with E-state index >= 15 is 0 Å². The molecule has 0 aliphatic rings. The Morgan fingerprint density at radius 1 is 1.26 bits per heavy atom. The van der Waals surface area contributed by atoms with Gasteiger partial charge in [-0.2, -0.15) is 0 Å². The summed E-state index contributed by atoms with van der Waals surface area (Å²) in [6.45, 7) is 11.9. The number of nitrogens with one attached hydrogen (secondary N) is 2. The monoisotopic (exact) mass is 444 g/mol. The van der Waals surface area contributed by atoms with Crippen molar-refractivity contribution in [3.63, 3.8) is 0 Å². The first-order chi connectivity index (χ1) is 12.6. The summed E-state index contributed by atoms with van der Waals surface area (Å²) in [5.74, 6) is 0.998. The van der Waals surface area contributed by atoms with Gasteiger partial charge in [0.05, 0.1) is 13.2 Å². The molecule has 0 saturated heterocycles. The maximum Gasteiger partial charge on any atom is 0.258 e. The third kappa shape index (κ3) is 9.44. The van der Waals surface area contributed by atoms with E-state index in [9.17, 15) is 4.79 Å². The van der Waals surface area contributed by atoms with Gasteiger partial charge in [-0.25, -0.2) is 0 Å². The minimum absolute atomic E-state index is 0.0701. The molecule has 1 aromatic rings. The fraction of sp³-hybridized carbons (Fsp3) is 0.650. The summed E-state index contributed by atoms with van der Waals surface area (Å²) in [7, 11) is 1.59. The van der Waals surface area contributed by atoms with Gasteiger partial charge in [-0.1, -0.05) is 15.9 Å². The smallest absolute Gasteiger partial charge is 0.258 e. The second-order valence-electron chi connectivity index (χ2n) is 7.59. The van der Waals surface area contributed by atoms with Gasteiger partial charge in [0.1, 0.15) is 0 Å². The zero-order valence-corrected chi connectivity index (χ0v) is 18.9. The molecule has 0 aliphatic heterocycles. The lowest BCUT2D eigenvalue weighted by Crippen LogP contribution is -2.43. The molecule has 0 spiro atoms. The molecule has 6 nitrogen and oxygen atoms in total. The molecule has 1 aromatic carbocycles. The maximum atomic E-state index is 12.1. The van der Waals surface area contributed by atoms with Crippen molar-refractivity contribution < 1.29 is 19.0 Å². The fourth-order valence-electron chi connectivity index (χ4n) is 2.39. The number of ether oxygens (including phenoxy) is 3. The Morgan fingerprint density at radius 3 is 2.56 bits per heavy atom. The van der Waals surface area contributed by atoms with Crippen molar-refractivity contribution in [2.75, 3.05) is 26.9 Å². The molecule has 0 radical (unpaired) electrons. The molecule has 27 heavy (non-hydrogen) atoms. The number of benzene rings is 1. The van der Waals surface area contributed by atoms with E-state index in [-0.39, 0.29) is 24.2 Å². The summed E-state index contributed by atoms with van der Waals surface area (Å²) in [5, 5.41) is 6.28. The number of rotatable bonds is 11. The highest BCUT2D eigenvalue weighted by atomic mass is 79.9. The first kappa shape index (κ1) is 23.7. The van der Waals surface area contributed by atoms with Crippen molar-refractivity contribution in [2.45, 2.75) is 59.2 Å². The van der Waals surface area contributed by atoms with Gasteiger partial charge in [-0.05, 0) is 59.7 Å². The topological polar surface area (TPSA) is 68.8 Å². The number of amides is 1. The number of carbonyl (C=O) groups excluding carboxylic acids is 1. The number of hydrogen-bond donors (Lipinski definition) is 2. The molecule has 1 rings (SSSR count). The van der Waals surface area contributed by atoms with E-state index in [1.54, 1.807) is 7.11 Å². The Bertz CT molecular complexity index is 600. The SMILES string of the molecule is COc1ccc(Br)c(CNCCCOC(C)C)c1OCC(=O)NC(C)(C)C. The normalized spacial score (nSPS) is 11.6. The van der Waals surface area contributed by atoms with Crippen LogP contribution in [0.15, 0.2) is 16.6 Å². The van der Waals surface area contributed by atoms with E-state index in [1.807, 2.05) is 46.8 Å². The van der Waals surface area contributed by atoms with Crippen LogP contribution >= 0.6 is 15.9 Å². The van der Waals surface area contributed by atoms with Crippen LogP contribution < -0.4 is 20.1 Å².